The van der Waals surface area contributed by atoms with Gasteiger partial charge >= 0.3 is 0 Å². The van der Waals surface area contributed by atoms with Crippen LogP contribution in [-0.2, 0) is 6.42 Å². The number of aliphatic hydroxyl groups excluding tert-OH is 1. The molecule has 2 aromatic carbocycles. The number of hydrogen-bond donors (Lipinski definition) is 1. The molecule has 94 valence electrons. The molecule has 2 aromatic rings. The zero-order chi connectivity index (χ0) is 13.0. The molecule has 0 aliphatic rings. The van der Waals surface area contributed by atoms with Gasteiger partial charge in [-0.15, -0.1) is 0 Å². The van der Waals surface area contributed by atoms with E-state index in [0.29, 0.717) is 6.42 Å². The largest absolute Gasteiger partial charge is 0.388 e. The summed E-state index contributed by atoms with van der Waals surface area (Å²) in [6.45, 7) is 1.90. The van der Waals surface area contributed by atoms with E-state index in [1.807, 2.05) is 37.3 Å². The first kappa shape index (κ1) is 12.8. The van der Waals surface area contributed by atoms with Crippen LogP contribution in [0.25, 0.3) is 0 Å². The molecule has 0 aliphatic heterocycles. The minimum absolute atomic E-state index is 0.208. The molecular formula is C16H17FO. The highest BCUT2D eigenvalue weighted by atomic mass is 19.1. The first-order chi connectivity index (χ1) is 8.66. The second kappa shape index (κ2) is 5.78. The van der Waals surface area contributed by atoms with E-state index < -0.39 is 6.10 Å². The fraction of sp³-hybridized carbons (Fsp3) is 0.250. The molecule has 1 nitrogen and oxygen atoms in total. The Bertz CT molecular complexity index is 508. The van der Waals surface area contributed by atoms with Crippen molar-refractivity contribution < 1.29 is 9.50 Å². The van der Waals surface area contributed by atoms with Crippen LogP contribution in [0.5, 0.6) is 0 Å². The van der Waals surface area contributed by atoms with Gasteiger partial charge in [-0.1, -0.05) is 36.4 Å². The molecule has 0 heterocycles. The molecule has 0 fully saturated rings. The van der Waals surface area contributed by atoms with Crippen molar-refractivity contribution in [3.8, 4) is 0 Å². The smallest absolute Gasteiger partial charge is 0.123 e. The predicted octanol–water partition coefficient (Wildman–Crippen LogP) is 3.80. The van der Waals surface area contributed by atoms with Crippen molar-refractivity contribution in [1.29, 1.82) is 0 Å². The first-order valence-corrected chi connectivity index (χ1v) is 6.15. The highest BCUT2D eigenvalue weighted by molar-refractivity contribution is 5.27. The van der Waals surface area contributed by atoms with Crippen LogP contribution in [0.2, 0.25) is 0 Å². The predicted molar refractivity (Wildman–Crippen MR) is 70.9 cm³/mol. The molecule has 18 heavy (non-hydrogen) atoms. The molecule has 0 radical (unpaired) electrons. The molecule has 1 atom stereocenters. The summed E-state index contributed by atoms with van der Waals surface area (Å²) in [5, 5.41) is 10.1. The summed E-state index contributed by atoms with van der Waals surface area (Å²) < 4.78 is 13.0. The summed E-state index contributed by atoms with van der Waals surface area (Å²) in [4.78, 5) is 0. The zero-order valence-corrected chi connectivity index (χ0v) is 10.4. The summed E-state index contributed by atoms with van der Waals surface area (Å²) in [6.07, 6.45) is 0.939. The number of benzene rings is 2. The van der Waals surface area contributed by atoms with Gasteiger partial charge in [0.1, 0.15) is 5.82 Å². The average molecular weight is 244 g/mol. The first-order valence-electron chi connectivity index (χ1n) is 6.15. The van der Waals surface area contributed by atoms with E-state index in [1.165, 1.54) is 12.1 Å². The molecule has 0 aliphatic carbocycles. The fourth-order valence-corrected chi connectivity index (χ4v) is 2.07. The lowest BCUT2D eigenvalue weighted by Crippen LogP contribution is -2.00. The number of aliphatic hydroxyl groups is 1. The number of aryl methyl sites for hydroxylation is 2. The summed E-state index contributed by atoms with van der Waals surface area (Å²) >= 11 is 0. The van der Waals surface area contributed by atoms with Gasteiger partial charge in [-0.05, 0) is 48.6 Å². The molecule has 0 saturated carbocycles. The van der Waals surface area contributed by atoms with Crippen LogP contribution in [0.3, 0.4) is 0 Å². The molecule has 0 saturated heterocycles. The summed E-state index contributed by atoms with van der Waals surface area (Å²) in [6, 6.07) is 14.4. The lowest BCUT2D eigenvalue weighted by atomic mass is 9.99. The van der Waals surface area contributed by atoms with E-state index in [4.69, 9.17) is 0 Å². The van der Waals surface area contributed by atoms with Gasteiger partial charge in [0.25, 0.3) is 0 Å². The quantitative estimate of drug-likeness (QED) is 0.867. The Morgan fingerprint density at radius 1 is 1.11 bits per heavy atom. The van der Waals surface area contributed by atoms with Crippen molar-refractivity contribution in [2.24, 2.45) is 0 Å². The molecule has 2 rings (SSSR count). The van der Waals surface area contributed by atoms with Gasteiger partial charge in [-0.2, -0.15) is 0 Å². The highest BCUT2D eigenvalue weighted by Gasteiger charge is 2.08. The third-order valence-electron chi connectivity index (χ3n) is 3.18. The summed E-state index contributed by atoms with van der Waals surface area (Å²) in [7, 11) is 0. The topological polar surface area (TPSA) is 20.2 Å². The van der Waals surface area contributed by atoms with Crippen LogP contribution >= 0.6 is 0 Å². The van der Waals surface area contributed by atoms with Crippen LogP contribution in [-0.4, -0.2) is 5.11 Å². The maximum atomic E-state index is 13.0. The zero-order valence-electron chi connectivity index (χ0n) is 10.4. The SMILES string of the molecule is Cc1cc(F)ccc1CCC(O)c1ccccc1. The Hall–Kier alpha value is -1.67. The molecule has 0 amide bonds. The third-order valence-corrected chi connectivity index (χ3v) is 3.18. The second-order valence-electron chi connectivity index (χ2n) is 4.54. The van der Waals surface area contributed by atoms with Gasteiger partial charge < -0.3 is 5.11 Å². The molecule has 0 bridgehead atoms. The third kappa shape index (κ3) is 3.17. The number of halogens is 1. The highest BCUT2D eigenvalue weighted by Crippen LogP contribution is 2.20. The lowest BCUT2D eigenvalue weighted by Gasteiger charge is -2.12. The van der Waals surface area contributed by atoms with E-state index in [-0.39, 0.29) is 5.82 Å². The Labute approximate surface area is 107 Å². The molecule has 2 heteroatoms. The Balaban J connectivity index is 1.99. The van der Waals surface area contributed by atoms with Gasteiger partial charge in [0.15, 0.2) is 0 Å². The van der Waals surface area contributed by atoms with Crippen LogP contribution in [0.1, 0.15) is 29.2 Å². The Kier molecular flexibility index (Phi) is 4.11. The van der Waals surface area contributed by atoms with Crippen molar-refractivity contribution in [2.75, 3.05) is 0 Å². The molecular weight excluding hydrogens is 227 g/mol. The van der Waals surface area contributed by atoms with E-state index >= 15 is 0 Å². The maximum Gasteiger partial charge on any atom is 0.123 e. The Morgan fingerprint density at radius 2 is 1.83 bits per heavy atom. The van der Waals surface area contributed by atoms with Crippen LogP contribution in [0.4, 0.5) is 4.39 Å². The van der Waals surface area contributed by atoms with Crippen molar-refractivity contribution in [1.82, 2.24) is 0 Å². The maximum absolute atomic E-state index is 13.0. The average Bonchev–Trinajstić information content (AvgIpc) is 2.38. The molecule has 0 spiro atoms. The van der Waals surface area contributed by atoms with E-state index in [0.717, 1.165) is 23.1 Å². The molecule has 1 N–H and O–H groups in total. The van der Waals surface area contributed by atoms with E-state index in [9.17, 15) is 9.50 Å². The number of hydrogen-bond acceptors (Lipinski definition) is 1. The van der Waals surface area contributed by atoms with E-state index in [1.54, 1.807) is 6.07 Å². The van der Waals surface area contributed by atoms with Crippen LogP contribution < -0.4 is 0 Å². The minimum Gasteiger partial charge on any atom is -0.388 e. The summed E-state index contributed by atoms with van der Waals surface area (Å²) in [5.41, 5.74) is 2.96. The van der Waals surface area contributed by atoms with Gasteiger partial charge in [0.2, 0.25) is 0 Å². The van der Waals surface area contributed by atoms with Crippen molar-refractivity contribution in [2.45, 2.75) is 25.9 Å². The second-order valence-corrected chi connectivity index (χ2v) is 4.54. The van der Waals surface area contributed by atoms with Crippen molar-refractivity contribution in [3.63, 3.8) is 0 Å². The molecule has 1 unspecified atom stereocenters. The van der Waals surface area contributed by atoms with Crippen molar-refractivity contribution in [3.05, 3.63) is 71.0 Å². The van der Waals surface area contributed by atoms with Crippen LogP contribution in [0.15, 0.2) is 48.5 Å². The summed E-state index contributed by atoms with van der Waals surface area (Å²) in [5.74, 6) is -0.208. The Morgan fingerprint density at radius 3 is 2.50 bits per heavy atom. The van der Waals surface area contributed by atoms with Gasteiger partial charge in [0, 0.05) is 0 Å². The van der Waals surface area contributed by atoms with Gasteiger partial charge in [-0.3, -0.25) is 0 Å². The van der Waals surface area contributed by atoms with Gasteiger partial charge in [0.05, 0.1) is 6.10 Å². The standard InChI is InChI=1S/C16H17FO/c1-12-11-15(17)9-7-13(12)8-10-16(18)14-5-3-2-4-6-14/h2-7,9,11,16,18H,8,10H2,1H3. The monoisotopic (exact) mass is 244 g/mol. The van der Waals surface area contributed by atoms with E-state index in [2.05, 4.69) is 0 Å². The number of rotatable bonds is 4. The fourth-order valence-electron chi connectivity index (χ4n) is 2.07. The van der Waals surface area contributed by atoms with Crippen LogP contribution in [0, 0.1) is 12.7 Å². The van der Waals surface area contributed by atoms with Gasteiger partial charge in [-0.25, -0.2) is 4.39 Å². The minimum atomic E-state index is -0.462. The van der Waals surface area contributed by atoms with Crippen molar-refractivity contribution >= 4 is 0 Å². The lowest BCUT2D eigenvalue weighted by molar-refractivity contribution is 0.168. The molecule has 0 aromatic heterocycles. The normalized spacial score (nSPS) is 12.4.